The molecule has 0 amide bonds. The minimum absolute atomic E-state index is 0. The van der Waals surface area contributed by atoms with E-state index in [2.05, 4.69) is 22.9 Å². The first-order valence-electron chi connectivity index (χ1n) is 6.64. The topological polar surface area (TPSA) is 42.2 Å². The van der Waals surface area contributed by atoms with Crippen LogP contribution >= 0.6 is 24.8 Å². The molecule has 2 rings (SSSR count). The van der Waals surface area contributed by atoms with Crippen molar-refractivity contribution >= 4 is 24.8 Å². The van der Waals surface area contributed by atoms with Gasteiger partial charge in [-0.3, -0.25) is 9.88 Å². The number of piperidine rings is 1. The molecule has 1 aliphatic rings. The van der Waals surface area contributed by atoms with Gasteiger partial charge in [-0.1, -0.05) is 13.0 Å². The Balaban J connectivity index is 0.00000162. The average molecular weight is 306 g/mol. The van der Waals surface area contributed by atoms with Crippen LogP contribution < -0.4 is 5.73 Å². The maximum Gasteiger partial charge on any atom is 0.0300 e. The first kappa shape index (κ1) is 18.7. The summed E-state index contributed by atoms with van der Waals surface area (Å²) in [6, 6.07) is 4.73. The number of aromatic nitrogens is 1. The van der Waals surface area contributed by atoms with Gasteiger partial charge in [-0.25, -0.2) is 0 Å². The molecule has 3 nitrogen and oxygen atoms in total. The van der Waals surface area contributed by atoms with Gasteiger partial charge in [-0.05, 0) is 43.4 Å². The molecule has 0 aromatic carbocycles. The van der Waals surface area contributed by atoms with E-state index < -0.39 is 0 Å². The zero-order chi connectivity index (χ0) is 12.1. The summed E-state index contributed by atoms with van der Waals surface area (Å²) in [5, 5.41) is 0. The molecule has 110 valence electrons. The number of hydrogen-bond donors (Lipinski definition) is 1. The van der Waals surface area contributed by atoms with E-state index >= 15 is 0 Å². The van der Waals surface area contributed by atoms with Crippen molar-refractivity contribution in [3.8, 4) is 0 Å². The number of likely N-dealkylation sites (tertiary alicyclic amines) is 1. The predicted molar refractivity (Wildman–Crippen MR) is 85.3 cm³/mol. The van der Waals surface area contributed by atoms with Gasteiger partial charge in [-0.15, -0.1) is 24.8 Å². The van der Waals surface area contributed by atoms with Crippen molar-refractivity contribution in [2.24, 2.45) is 11.7 Å². The average Bonchev–Trinajstić information content (AvgIpc) is 2.37. The third-order valence-electron chi connectivity index (χ3n) is 3.88. The summed E-state index contributed by atoms with van der Waals surface area (Å²) >= 11 is 0. The fourth-order valence-electron chi connectivity index (χ4n) is 2.81. The highest BCUT2D eigenvalue weighted by molar-refractivity contribution is 5.85. The van der Waals surface area contributed by atoms with Crippen LogP contribution in [0.25, 0.3) is 0 Å². The first-order chi connectivity index (χ1) is 8.31. The van der Waals surface area contributed by atoms with Crippen molar-refractivity contribution in [3.63, 3.8) is 0 Å². The van der Waals surface area contributed by atoms with Gasteiger partial charge in [0.25, 0.3) is 0 Å². The molecule has 1 fully saturated rings. The minimum Gasteiger partial charge on any atom is -0.329 e. The Bertz CT molecular complexity index is 335. The quantitative estimate of drug-likeness (QED) is 0.929. The smallest absolute Gasteiger partial charge is 0.0300 e. The Hall–Kier alpha value is -0.350. The molecule has 1 aromatic heterocycles. The summed E-state index contributed by atoms with van der Waals surface area (Å²) < 4.78 is 0. The molecule has 0 saturated carbocycles. The monoisotopic (exact) mass is 305 g/mol. The van der Waals surface area contributed by atoms with E-state index in [0.29, 0.717) is 6.04 Å². The molecule has 19 heavy (non-hydrogen) atoms. The molecule has 2 unspecified atom stereocenters. The Kier molecular flexibility index (Phi) is 9.36. The number of pyridine rings is 1. The molecule has 2 N–H and O–H groups in total. The second-order valence-corrected chi connectivity index (χ2v) is 5.07. The lowest BCUT2D eigenvalue weighted by molar-refractivity contribution is 0.108. The third-order valence-corrected chi connectivity index (χ3v) is 3.88. The molecule has 0 bridgehead atoms. The lowest BCUT2D eigenvalue weighted by Crippen LogP contribution is -2.49. The molecule has 0 spiro atoms. The highest BCUT2D eigenvalue weighted by atomic mass is 35.5. The Morgan fingerprint density at radius 2 is 2.21 bits per heavy atom. The zero-order valence-corrected chi connectivity index (χ0v) is 13.1. The second-order valence-electron chi connectivity index (χ2n) is 5.07. The standard InChI is InChI=1S/C14H23N3.2ClH/c1-12-4-3-8-17(14(12)10-15)9-6-13-5-2-7-16-11-13;;/h2,5,7,11-12,14H,3-4,6,8-10,15H2,1H3;2*1H. The van der Waals surface area contributed by atoms with E-state index in [1.807, 2.05) is 18.5 Å². The van der Waals surface area contributed by atoms with Crippen molar-refractivity contribution < 1.29 is 0 Å². The van der Waals surface area contributed by atoms with Gasteiger partial charge in [-0.2, -0.15) is 0 Å². The summed E-state index contributed by atoms with van der Waals surface area (Å²) in [7, 11) is 0. The number of nitrogens with zero attached hydrogens (tertiary/aromatic N) is 2. The number of halogens is 2. The number of rotatable bonds is 4. The van der Waals surface area contributed by atoms with Crippen LogP contribution in [0.2, 0.25) is 0 Å². The maximum atomic E-state index is 5.90. The minimum atomic E-state index is 0. The Labute approximate surface area is 128 Å². The summed E-state index contributed by atoms with van der Waals surface area (Å²) in [4.78, 5) is 6.72. The van der Waals surface area contributed by atoms with E-state index in [9.17, 15) is 0 Å². The molecule has 0 radical (unpaired) electrons. The normalized spacial score (nSPS) is 23.3. The van der Waals surface area contributed by atoms with Crippen molar-refractivity contribution in [1.29, 1.82) is 0 Å². The van der Waals surface area contributed by atoms with E-state index in [4.69, 9.17) is 5.73 Å². The summed E-state index contributed by atoms with van der Waals surface area (Å²) in [6.07, 6.45) is 7.51. The predicted octanol–water partition coefficient (Wildman–Crippen LogP) is 2.53. The van der Waals surface area contributed by atoms with Gasteiger partial charge < -0.3 is 5.73 Å². The largest absolute Gasteiger partial charge is 0.329 e. The molecule has 0 aliphatic carbocycles. The van der Waals surface area contributed by atoms with Gasteiger partial charge in [0.05, 0.1) is 0 Å². The van der Waals surface area contributed by atoms with Crippen molar-refractivity contribution in [2.75, 3.05) is 19.6 Å². The van der Waals surface area contributed by atoms with Crippen molar-refractivity contribution in [1.82, 2.24) is 9.88 Å². The van der Waals surface area contributed by atoms with Gasteiger partial charge in [0.1, 0.15) is 0 Å². The van der Waals surface area contributed by atoms with Crippen LogP contribution in [0.4, 0.5) is 0 Å². The van der Waals surface area contributed by atoms with Crippen LogP contribution in [-0.2, 0) is 6.42 Å². The van der Waals surface area contributed by atoms with Crippen LogP contribution in [0.1, 0.15) is 25.3 Å². The number of nitrogens with two attached hydrogens (primary N) is 1. The Morgan fingerprint density at radius 3 is 2.84 bits per heavy atom. The van der Waals surface area contributed by atoms with E-state index in [-0.39, 0.29) is 24.8 Å². The first-order valence-corrected chi connectivity index (χ1v) is 6.64. The molecule has 5 heteroatoms. The molecule has 1 saturated heterocycles. The molecule has 2 atom stereocenters. The van der Waals surface area contributed by atoms with E-state index in [0.717, 1.165) is 25.4 Å². The van der Waals surface area contributed by atoms with Crippen LogP contribution in [0.15, 0.2) is 24.5 Å². The highest BCUT2D eigenvalue weighted by Crippen LogP contribution is 2.22. The van der Waals surface area contributed by atoms with Gasteiger partial charge in [0.15, 0.2) is 0 Å². The molecule has 1 aromatic rings. The van der Waals surface area contributed by atoms with Crippen LogP contribution in [0, 0.1) is 5.92 Å². The summed E-state index contributed by atoms with van der Waals surface area (Å²) in [5.74, 6) is 0.739. The van der Waals surface area contributed by atoms with E-state index in [1.165, 1.54) is 24.9 Å². The Morgan fingerprint density at radius 1 is 1.42 bits per heavy atom. The van der Waals surface area contributed by atoms with Gasteiger partial charge in [0.2, 0.25) is 0 Å². The molecule has 2 heterocycles. The van der Waals surface area contributed by atoms with Crippen LogP contribution in [-0.4, -0.2) is 35.6 Å². The zero-order valence-electron chi connectivity index (χ0n) is 11.5. The van der Waals surface area contributed by atoms with Crippen LogP contribution in [0.3, 0.4) is 0 Å². The van der Waals surface area contributed by atoms with Crippen LogP contribution in [0.5, 0.6) is 0 Å². The lowest BCUT2D eigenvalue weighted by atomic mass is 9.90. The molecule has 1 aliphatic heterocycles. The second kappa shape index (κ2) is 9.54. The number of hydrogen-bond acceptors (Lipinski definition) is 3. The fraction of sp³-hybridized carbons (Fsp3) is 0.643. The van der Waals surface area contributed by atoms with Crippen molar-refractivity contribution in [2.45, 2.75) is 32.2 Å². The summed E-state index contributed by atoms with van der Waals surface area (Å²) in [6.45, 7) is 5.42. The van der Waals surface area contributed by atoms with Gasteiger partial charge >= 0.3 is 0 Å². The molecular formula is C14H25Cl2N3. The SMILES string of the molecule is CC1CCCN(CCc2cccnc2)C1CN.Cl.Cl. The third kappa shape index (κ3) is 5.27. The van der Waals surface area contributed by atoms with Crippen molar-refractivity contribution in [3.05, 3.63) is 30.1 Å². The van der Waals surface area contributed by atoms with Gasteiger partial charge in [0, 0.05) is 31.5 Å². The van der Waals surface area contributed by atoms with E-state index in [1.54, 1.807) is 0 Å². The maximum absolute atomic E-state index is 5.90. The fourth-order valence-corrected chi connectivity index (χ4v) is 2.81. The highest BCUT2D eigenvalue weighted by Gasteiger charge is 2.26. The summed E-state index contributed by atoms with van der Waals surface area (Å²) in [5.41, 5.74) is 7.22. The lowest BCUT2D eigenvalue weighted by Gasteiger charge is -2.39. The molecular weight excluding hydrogens is 281 g/mol.